The minimum Gasteiger partial charge on any atom is -0.489 e. The summed E-state index contributed by atoms with van der Waals surface area (Å²) >= 11 is 0. The minimum atomic E-state index is -0.596. The van der Waals surface area contributed by atoms with Crippen molar-refractivity contribution in [3.8, 4) is 11.5 Å². The Morgan fingerprint density at radius 2 is 1.50 bits per heavy atom. The van der Waals surface area contributed by atoms with Gasteiger partial charge in [0.25, 0.3) is 5.91 Å². The first kappa shape index (κ1) is 19.5. The van der Waals surface area contributed by atoms with Gasteiger partial charge in [-0.15, -0.1) is 0 Å². The van der Waals surface area contributed by atoms with Crippen molar-refractivity contribution in [1.29, 1.82) is 0 Å². The summed E-state index contributed by atoms with van der Waals surface area (Å²) < 4.78 is 11.5. The van der Waals surface area contributed by atoms with Gasteiger partial charge >= 0.3 is 0 Å². The van der Waals surface area contributed by atoms with Crippen molar-refractivity contribution >= 4 is 11.6 Å². The molecule has 4 nitrogen and oxygen atoms in total. The lowest BCUT2D eigenvalue weighted by Gasteiger charge is -2.15. The highest BCUT2D eigenvalue weighted by Crippen LogP contribution is 2.18. The third-order valence-electron chi connectivity index (χ3n) is 4.38. The molecule has 1 atom stereocenters. The van der Waals surface area contributed by atoms with Crippen LogP contribution in [0.4, 0.5) is 5.69 Å². The van der Waals surface area contributed by atoms with Crippen LogP contribution in [0.25, 0.3) is 0 Å². The maximum atomic E-state index is 12.4. The molecular weight excluding hydrogens is 350 g/mol. The zero-order valence-electron chi connectivity index (χ0n) is 16.2. The Morgan fingerprint density at radius 3 is 2.14 bits per heavy atom. The lowest BCUT2D eigenvalue weighted by Crippen LogP contribution is -2.30. The third-order valence-corrected chi connectivity index (χ3v) is 4.38. The van der Waals surface area contributed by atoms with Crippen LogP contribution in [-0.2, 0) is 17.8 Å². The Hall–Kier alpha value is -3.27. The van der Waals surface area contributed by atoms with Gasteiger partial charge in [0.15, 0.2) is 6.10 Å². The molecule has 3 aromatic rings. The fraction of sp³-hybridized carbons (Fsp3) is 0.208. The highest BCUT2D eigenvalue weighted by molar-refractivity contribution is 5.94. The molecule has 0 saturated heterocycles. The van der Waals surface area contributed by atoms with Gasteiger partial charge in [-0.25, -0.2) is 0 Å². The van der Waals surface area contributed by atoms with Gasteiger partial charge in [0, 0.05) is 5.69 Å². The van der Waals surface area contributed by atoms with Gasteiger partial charge in [0.1, 0.15) is 18.1 Å². The molecule has 1 amide bonds. The molecular formula is C24H25NO3. The van der Waals surface area contributed by atoms with Crippen LogP contribution < -0.4 is 14.8 Å². The summed E-state index contributed by atoms with van der Waals surface area (Å²) in [6, 6.07) is 25.1. The van der Waals surface area contributed by atoms with Crippen LogP contribution in [-0.4, -0.2) is 12.0 Å². The molecule has 1 N–H and O–H groups in total. The number of carbonyl (C=O) groups is 1. The molecule has 144 valence electrons. The number of nitrogens with one attached hydrogen (secondary N) is 1. The molecule has 0 unspecified atom stereocenters. The summed E-state index contributed by atoms with van der Waals surface area (Å²) in [7, 11) is 0. The third kappa shape index (κ3) is 5.61. The average Bonchev–Trinajstić information content (AvgIpc) is 2.74. The molecule has 0 radical (unpaired) electrons. The lowest BCUT2D eigenvalue weighted by atomic mass is 10.2. The second kappa shape index (κ2) is 9.60. The standard InChI is InChI=1S/C24H25NO3/c1-3-19-9-13-23(14-10-19)28-18(2)24(26)25-21-11-15-22(16-12-21)27-17-20-7-5-4-6-8-20/h4-16,18H,3,17H2,1-2H3,(H,25,26)/t18-/m1/s1. The summed E-state index contributed by atoms with van der Waals surface area (Å²) in [4.78, 5) is 12.4. The summed E-state index contributed by atoms with van der Waals surface area (Å²) in [6.45, 7) is 4.35. The number of ether oxygens (including phenoxy) is 2. The van der Waals surface area contributed by atoms with E-state index in [-0.39, 0.29) is 5.91 Å². The van der Waals surface area contributed by atoms with Gasteiger partial charge < -0.3 is 14.8 Å². The van der Waals surface area contributed by atoms with Crippen molar-refractivity contribution in [1.82, 2.24) is 0 Å². The summed E-state index contributed by atoms with van der Waals surface area (Å²) in [5.74, 6) is 1.24. The van der Waals surface area contributed by atoms with Crippen molar-refractivity contribution < 1.29 is 14.3 Å². The van der Waals surface area contributed by atoms with Crippen molar-refractivity contribution in [3.05, 3.63) is 90.0 Å². The van der Waals surface area contributed by atoms with Gasteiger partial charge in [-0.2, -0.15) is 0 Å². The molecule has 3 aromatic carbocycles. The number of amides is 1. The number of benzene rings is 3. The highest BCUT2D eigenvalue weighted by atomic mass is 16.5. The van der Waals surface area contributed by atoms with Gasteiger partial charge in [0.05, 0.1) is 0 Å². The molecule has 0 aliphatic rings. The van der Waals surface area contributed by atoms with E-state index in [0.29, 0.717) is 18.0 Å². The largest absolute Gasteiger partial charge is 0.489 e. The van der Waals surface area contributed by atoms with Crippen molar-refractivity contribution in [2.24, 2.45) is 0 Å². The first-order valence-electron chi connectivity index (χ1n) is 9.47. The molecule has 28 heavy (non-hydrogen) atoms. The predicted molar refractivity (Wildman–Crippen MR) is 112 cm³/mol. The molecule has 0 bridgehead atoms. The van der Waals surface area contributed by atoms with E-state index in [1.54, 1.807) is 6.92 Å². The summed E-state index contributed by atoms with van der Waals surface area (Å²) in [6.07, 6.45) is 0.378. The maximum absolute atomic E-state index is 12.4. The van der Waals surface area contributed by atoms with Gasteiger partial charge in [0.2, 0.25) is 0 Å². The molecule has 0 aromatic heterocycles. The van der Waals surface area contributed by atoms with Crippen molar-refractivity contribution in [3.63, 3.8) is 0 Å². The Bertz CT molecular complexity index is 874. The number of rotatable bonds is 8. The van der Waals surface area contributed by atoms with Gasteiger partial charge in [-0.3, -0.25) is 4.79 Å². The highest BCUT2D eigenvalue weighted by Gasteiger charge is 2.15. The van der Waals surface area contributed by atoms with Crippen LogP contribution in [0, 0.1) is 0 Å². The van der Waals surface area contributed by atoms with Crippen LogP contribution in [0.5, 0.6) is 11.5 Å². The van der Waals surface area contributed by atoms with E-state index in [1.165, 1.54) is 5.56 Å². The summed E-state index contributed by atoms with van der Waals surface area (Å²) in [5.41, 5.74) is 3.05. The second-order valence-corrected chi connectivity index (χ2v) is 6.55. The monoisotopic (exact) mass is 375 g/mol. The lowest BCUT2D eigenvalue weighted by molar-refractivity contribution is -0.122. The van der Waals surface area contributed by atoms with E-state index >= 15 is 0 Å². The molecule has 0 aliphatic carbocycles. The molecule has 0 aliphatic heterocycles. The Labute approximate surface area is 166 Å². The zero-order chi connectivity index (χ0) is 19.8. The van der Waals surface area contributed by atoms with Crippen LogP contribution in [0.2, 0.25) is 0 Å². The smallest absolute Gasteiger partial charge is 0.265 e. The van der Waals surface area contributed by atoms with E-state index in [9.17, 15) is 4.79 Å². The van der Waals surface area contributed by atoms with Crippen molar-refractivity contribution in [2.75, 3.05) is 5.32 Å². The minimum absolute atomic E-state index is 0.197. The van der Waals surface area contributed by atoms with Crippen LogP contribution in [0.1, 0.15) is 25.0 Å². The first-order chi connectivity index (χ1) is 13.6. The molecule has 0 fully saturated rings. The van der Waals surface area contributed by atoms with Crippen LogP contribution >= 0.6 is 0 Å². The predicted octanol–water partition coefficient (Wildman–Crippen LogP) is 5.23. The fourth-order valence-electron chi connectivity index (χ4n) is 2.68. The summed E-state index contributed by atoms with van der Waals surface area (Å²) in [5, 5.41) is 2.87. The normalized spacial score (nSPS) is 11.5. The quantitative estimate of drug-likeness (QED) is 0.586. The van der Waals surface area contributed by atoms with Crippen LogP contribution in [0.3, 0.4) is 0 Å². The topological polar surface area (TPSA) is 47.6 Å². The zero-order valence-corrected chi connectivity index (χ0v) is 16.2. The van der Waals surface area contributed by atoms with E-state index < -0.39 is 6.10 Å². The Kier molecular flexibility index (Phi) is 6.68. The van der Waals surface area contributed by atoms with E-state index in [1.807, 2.05) is 78.9 Å². The van der Waals surface area contributed by atoms with Gasteiger partial charge in [-0.05, 0) is 60.9 Å². The van der Waals surface area contributed by atoms with Crippen LogP contribution in [0.15, 0.2) is 78.9 Å². The average molecular weight is 375 g/mol. The molecule has 4 heteroatoms. The van der Waals surface area contributed by atoms with E-state index in [4.69, 9.17) is 9.47 Å². The molecule has 3 rings (SSSR count). The second-order valence-electron chi connectivity index (χ2n) is 6.55. The van der Waals surface area contributed by atoms with E-state index in [2.05, 4.69) is 12.2 Å². The number of carbonyl (C=O) groups excluding carboxylic acids is 1. The van der Waals surface area contributed by atoms with E-state index in [0.717, 1.165) is 17.7 Å². The fourth-order valence-corrected chi connectivity index (χ4v) is 2.68. The first-order valence-corrected chi connectivity index (χ1v) is 9.47. The number of hydrogen-bond acceptors (Lipinski definition) is 3. The SMILES string of the molecule is CCc1ccc(O[C@H](C)C(=O)Nc2ccc(OCc3ccccc3)cc2)cc1. The molecule has 0 spiro atoms. The maximum Gasteiger partial charge on any atom is 0.265 e. The Balaban J connectivity index is 1.50. The number of aryl methyl sites for hydroxylation is 1. The van der Waals surface area contributed by atoms with Crippen molar-refractivity contribution in [2.45, 2.75) is 33.0 Å². The molecule has 0 heterocycles. The molecule has 0 saturated carbocycles. The number of hydrogen-bond donors (Lipinski definition) is 1. The Morgan fingerprint density at radius 1 is 0.857 bits per heavy atom. The van der Waals surface area contributed by atoms with Gasteiger partial charge in [-0.1, -0.05) is 49.4 Å². The number of anilines is 1.